The summed E-state index contributed by atoms with van der Waals surface area (Å²) in [5, 5.41) is 12.6. The fraction of sp³-hybridized carbons (Fsp3) is 0.500. The van der Waals surface area contributed by atoms with Crippen LogP contribution in [0.2, 0.25) is 5.02 Å². The topological polar surface area (TPSA) is 66.4 Å². The van der Waals surface area contributed by atoms with Gasteiger partial charge in [0, 0.05) is 17.0 Å². The van der Waals surface area contributed by atoms with Crippen LogP contribution in [0, 0.1) is 11.8 Å². The third-order valence-corrected chi connectivity index (χ3v) is 4.24. The van der Waals surface area contributed by atoms with Gasteiger partial charge in [-0.05, 0) is 43.4 Å². The normalized spacial score (nSPS) is 22.8. The maximum atomic E-state index is 12.2. The number of rotatable bonds is 5. The van der Waals surface area contributed by atoms with Gasteiger partial charge in [0.25, 0.3) is 0 Å². The maximum Gasteiger partial charge on any atom is 0.306 e. The molecule has 1 aliphatic rings. The van der Waals surface area contributed by atoms with Gasteiger partial charge in [-0.1, -0.05) is 30.7 Å². The molecule has 0 heterocycles. The molecule has 1 saturated carbocycles. The van der Waals surface area contributed by atoms with Crippen LogP contribution in [0.5, 0.6) is 0 Å². The van der Waals surface area contributed by atoms with Crippen molar-refractivity contribution in [1.82, 2.24) is 5.32 Å². The fourth-order valence-corrected chi connectivity index (χ4v) is 3.00. The Kier molecular flexibility index (Phi) is 5.23. The highest BCUT2D eigenvalue weighted by molar-refractivity contribution is 6.30. The van der Waals surface area contributed by atoms with E-state index in [2.05, 4.69) is 5.32 Å². The molecule has 0 aromatic heterocycles. The van der Waals surface area contributed by atoms with Gasteiger partial charge in [-0.2, -0.15) is 0 Å². The van der Waals surface area contributed by atoms with Crippen molar-refractivity contribution in [2.75, 3.05) is 0 Å². The second-order valence-electron chi connectivity index (χ2n) is 5.79. The lowest BCUT2D eigenvalue weighted by Gasteiger charge is -2.17. The zero-order valence-electron chi connectivity index (χ0n) is 12.0. The van der Waals surface area contributed by atoms with Crippen LogP contribution < -0.4 is 5.32 Å². The van der Waals surface area contributed by atoms with E-state index in [1.54, 1.807) is 6.07 Å². The number of carboxylic acids is 1. The van der Waals surface area contributed by atoms with Crippen LogP contribution in [-0.2, 0) is 16.0 Å². The Hall–Kier alpha value is -1.55. The molecule has 2 rings (SSSR count). The molecular weight excluding hydrogens is 290 g/mol. The highest BCUT2D eigenvalue weighted by atomic mass is 35.5. The highest BCUT2D eigenvalue weighted by Gasteiger charge is 2.31. The number of amides is 1. The molecular formula is C16H20ClNO3. The summed E-state index contributed by atoms with van der Waals surface area (Å²) in [6, 6.07) is 7.48. The summed E-state index contributed by atoms with van der Waals surface area (Å²) in [5.41, 5.74) is 1.03. The summed E-state index contributed by atoms with van der Waals surface area (Å²) >= 11 is 5.93. The van der Waals surface area contributed by atoms with Crippen molar-refractivity contribution in [3.63, 3.8) is 0 Å². The van der Waals surface area contributed by atoms with E-state index < -0.39 is 5.97 Å². The van der Waals surface area contributed by atoms with Gasteiger partial charge in [0.15, 0.2) is 0 Å². The quantitative estimate of drug-likeness (QED) is 0.879. The van der Waals surface area contributed by atoms with E-state index in [1.807, 2.05) is 25.1 Å². The molecule has 0 bridgehead atoms. The summed E-state index contributed by atoms with van der Waals surface area (Å²) in [7, 11) is 0. The van der Waals surface area contributed by atoms with Crippen molar-refractivity contribution in [2.24, 2.45) is 11.8 Å². The van der Waals surface area contributed by atoms with Crippen molar-refractivity contribution in [1.29, 1.82) is 0 Å². The minimum Gasteiger partial charge on any atom is -0.481 e. The lowest BCUT2D eigenvalue weighted by molar-refractivity contribution is -0.141. The predicted molar refractivity (Wildman–Crippen MR) is 81.2 cm³/mol. The van der Waals surface area contributed by atoms with Crippen molar-refractivity contribution in [3.05, 3.63) is 34.9 Å². The van der Waals surface area contributed by atoms with E-state index in [9.17, 15) is 9.59 Å². The average Bonchev–Trinajstić information content (AvgIpc) is 2.87. The minimum absolute atomic E-state index is 0.0135. The van der Waals surface area contributed by atoms with Crippen LogP contribution in [0.15, 0.2) is 24.3 Å². The molecule has 0 aliphatic heterocycles. The van der Waals surface area contributed by atoms with Gasteiger partial charge in [0.1, 0.15) is 0 Å². The summed E-state index contributed by atoms with van der Waals surface area (Å²) in [4.78, 5) is 23.1. The van der Waals surface area contributed by atoms with Gasteiger partial charge >= 0.3 is 5.97 Å². The Morgan fingerprint density at radius 1 is 1.43 bits per heavy atom. The average molecular weight is 310 g/mol. The summed E-state index contributed by atoms with van der Waals surface area (Å²) in [6.45, 7) is 1.87. The number of benzene rings is 1. The number of aliphatic carboxylic acids is 1. The monoisotopic (exact) mass is 309 g/mol. The number of hydrogen-bond donors (Lipinski definition) is 2. The number of carbonyl (C=O) groups excluding carboxylic acids is 1. The third kappa shape index (κ3) is 4.46. The molecule has 0 saturated heterocycles. The molecule has 3 atom stereocenters. The van der Waals surface area contributed by atoms with Gasteiger partial charge < -0.3 is 10.4 Å². The minimum atomic E-state index is -0.765. The van der Waals surface area contributed by atoms with E-state index in [-0.39, 0.29) is 23.8 Å². The molecule has 21 heavy (non-hydrogen) atoms. The second-order valence-corrected chi connectivity index (χ2v) is 6.23. The van der Waals surface area contributed by atoms with Crippen LogP contribution in [0.25, 0.3) is 0 Å². The summed E-state index contributed by atoms with van der Waals surface area (Å²) in [5.74, 6) is -1.27. The first-order chi connectivity index (χ1) is 9.95. The zero-order chi connectivity index (χ0) is 15.4. The van der Waals surface area contributed by atoms with Crippen molar-refractivity contribution in [2.45, 2.75) is 38.6 Å². The van der Waals surface area contributed by atoms with E-state index >= 15 is 0 Å². The smallest absolute Gasteiger partial charge is 0.306 e. The van der Waals surface area contributed by atoms with Crippen LogP contribution in [0.1, 0.15) is 31.7 Å². The van der Waals surface area contributed by atoms with Crippen LogP contribution in [0.4, 0.5) is 0 Å². The lowest BCUT2D eigenvalue weighted by Crippen LogP contribution is -2.37. The summed E-state index contributed by atoms with van der Waals surface area (Å²) in [6.07, 6.45) is 2.54. The predicted octanol–water partition coefficient (Wildman–Crippen LogP) is 2.89. The second kappa shape index (κ2) is 6.94. The Balaban J connectivity index is 1.84. The number of carbonyl (C=O) groups is 2. The Labute approximate surface area is 129 Å². The van der Waals surface area contributed by atoms with E-state index in [0.29, 0.717) is 24.3 Å². The molecule has 1 aromatic carbocycles. The van der Waals surface area contributed by atoms with Crippen LogP contribution in [0.3, 0.4) is 0 Å². The molecule has 114 valence electrons. The van der Waals surface area contributed by atoms with E-state index in [1.165, 1.54) is 0 Å². The number of halogens is 1. The van der Waals surface area contributed by atoms with E-state index in [4.69, 9.17) is 16.7 Å². The van der Waals surface area contributed by atoms with E-state index in [0.717, 1.165) is 12.0 Å². The Bertz CT molecular complexity index is 532. The van der Waals surface area contributed by atoms with Crippen LogP contribution in [-0.4, -0.2) is 23.0 Å². The molecule has 1 aliphatic carbocycles. The molecule has 4 nitrogen and oxygen atoms in total. The SMILES string of the molecule is CC(Cc1cccc(Cl)c1)C(=O)N[C@H]1CC[C@@H](C(=O)O)C1. The van der Waals surface area contributed by atoms with Crippen molar-refractivity contribution >= 4 is 23.5 Å². The molecule has 1 aromatic rings. The third-order valence-electron chi connectivity index (χ3n) is 4.01. The van der Waals surface area contributed by atoms with Crippen molar-refractivity contribution in [3.8, 4) is 0 Å². The zero-order valence-corrected chi connectivity index (χ0v) is 12.8. The van der Waals surface area contributed by atoms with Crippen molar-refractivity contribution < 1.29 is 14.7 Å². The molecule has 1 amide bonds. The highest BCUT2D eigenvalue weighted by Crippen LogP contribution is 2.26. The van der Waals surface area contributed by atoms with Gasteiger partial charge in [0.05, 0.1) is 5.92 Å². The Morgan fingerprint density at radius 2 is 2.19 bits per heavy atom. The molecule has 5 heteroatoms. The first-order valence-electron chi connectivity index (χ1n) is 7.23. The van der Waals surface area contributed by atoms with Gasteiger partial charge in [0.2, 0.25) is 5.91 Å². The van der Waals surface area contributed by atoms with Gasteiger partial charge in [-0.15, -0.1) is 0 Å². The molecule has 0 radical (unpaired) electrons. The summed E-state index contributed by atoms with van der Waals surface area (Å²) < 4.78 is 0. The molecule has 0 spiro atoms. The maximum absolute atomic E-state index is 12.2. The van der Waals surface area contributed by atoms with Gasteiger partial charge in [-0.25, -0.2) is 0 Å². The largest absolute Gasteiger partial charge is 0.481 e. The standard InChI is InChI=1S/C16H20ClNO3/c1-10(7-11-3-2-4-13(17)8-11)15(19)18-14-6-5-12(9-14)16(20)21/h2-4,8,10,12,14H,5-7,9H2,1H3,(H,18,19)(H,20,21)/t10?,12-,14+/m1/s1. The number of nitrogens with one attached hydrogen (secondary N) is 1. The number of carboxylic acid groups (broad SMARTS) is 1. The first-order valence-corrected chi connectivity index (χ1v) is 7.61. The van der Waals surface area contributed by atoms with Crippen LogP contribution >= 0.6 is 11.6 Å². The molecule has 1 fully saturated rings. The molecule has 2 N–H and O–H groups in total. The van der Waals surface area contributed by atoms with Gasteiger partial charge in [-0.3, -0.25) is 9.59 Å². The fourth-order valence-electron chi connectivity index (χ4n) is 2.79. The lowest BCUT2D eigenvalue weighted by atomic mass is 10.00. The number of hydrogen-bond acceptors (Lipinski definition) is 2. The first kappa shape index (κ1) is 15.8. The molecule has 1 unspecified atom stereocenters. The Morgan fingerprint density at radius 3 is 2.81 bits per heavy atom.